The predicted molar refractivity (Wildman–Crippen MR) is 79.9 cm³/mol. The first-order valence-electron chi connectivity index (χ1n) is 7.15. The fourth-order valence-electron chi connectivity index (χ4n) is 3.25. The molecule has 1 fully saturated rings. The molecule has 1 nitrogen and oxygen atoms in total. The van der Waals surface area contributed by atoms with Crippen LogP contribution in [0.4, 0.5) is 0 Å². The number of benzene rings is 1. The van der Waals surface area contributed by atoms with Crippen molar-refractivity contribution in [2.45, 2.75) is 51.5 Å². The maximum atomic E-state index is 3.81. The summed E-state index contributed by atoms with van der Waals surface area (Å²) >= 11 is 3.56. The van der Waals surface area contributed by atoms with Gasteiger partial charge in [-0.15, -0.1) is 0 Å². The molecule has 0 aromatic heterocycles. The standard InChI is InChI=1S/C16H22BrN/c1-16(7-2-8-16)11-18-15-6-4-12-9-14(17)5-3-13(12)10-15/h3,5,9,15,18H,2,4,6-8,10-11H2,1H3. The van der Waals surface area contributed by atoms with Crippen molar-refractivity contribution < 1.29 is 0 Å². The topological polar surface area (TPSA) is 12.0 Å². The van der Waals surface area contributed by atoms with Crippen LogP contribution in [0.2, 0.25) is 0 Å². The summed E-state index contributed by atoms with van der Waals surface area (Å²) in [6.07, 6.45) is 7.98. The maximum absolute atomic E-state index is 3.81. The van der Waals surface area contributed by atoms with Crippen molar-refractivity contribution in [3.63, 3.8) is 0 Å². The van der Waals surface area contributed by atoms with Crippen LogP contribution in [0.5, 0.6) is 0 Å². The van der Waals surface area contributed by atoms with Crippen molar-refractivity contribution in [1.82, 2.24) is 5.32 Å². The van der Waals surface area contributed by atoms with Crippen LogP contribution in [0.15, 0.2) is 22.7 Å². The Bertz CT molecular complexity index is 437. The molecule has 1 aromatic carbocycles. The summed E-state index contributed by atoms with van der Waals surface area (Å²) in [6, 6.07) is 7.45. The lowest BCUT2D eigenvalue weighted by molar-refractivity contribution is 0.149. The lowest BCUT2D eigenvalue weighted by Crippen LogP contribution is -2.43. The zero-order chi connectivity index (χ0) is 12.6. The van der Waals surface area contributed by atoms with E-state index in [-0.39, 0.29) is 0 Å². The highest BCUT2D eigenvalue weighted by molar-refractivity contribution is 9.10. The largest absolute Gasteiger partial charge is 0.313 e. The van der Waals surface area contributed by atoms with Crippen molar-refractivity contribution in [2.24, 2.45) is 5.41 Å². The smallest absolute Gasteiger partial charge is 0.0178 e. The van der Waals surface area contributed by atoms with Crippen LogP contribution in [0.3, 0.4) is 0 Å². The van der Waals surface area contributed by atoms with Gasteiger partial charge >= 0.3 is 0 Å². The van der Waals surface area contributed by atoms with Crippen LogP contribution in [0.25, 0.3) is 0 Å². The highest BCUT2D eigenvalue weighted by atomic mass is 79.9. The molecular weight excluding hydrogens is 286 g/mol. The monoisotopic (exact) mass is 307 g/mol. The van der Waals surface area contributed by atoms with E-state index in [9.17, 15) is 0 Å². The Morgan fingerprint density at radius 1 is 1.33 bits per heavy atom. The van der Waals surface area contributed by atoms with Gasteiger partial charge in [0.2, 0.25) is 0 Å². The van der Waals surface area contributed by atoms with Gasteiger partial charge in [0.1, 0.15) is 0 Å². The fraction of sp³-hybridized carbons (Fsp3) is 0.625. The number of halogens is 1. The molecule has 0 radical (unpaired) electrons. The van der Waals surface area contributed by atoms with E-state index in [2.05, 4.69) is 46.4 Å². The van der Waals surface area contributed by atoms with Crippen LogP contribution in [0, 0.1) is 5.41 Å². The third kappa shape index (κ3) is 2.65. The molecule has 0 heterocycles. The van der Waals surface area contributed by atoms with E-state index in [0.717, 1.165) is 0 Å². The molecule has 0 bridgehead atoms. The second kappa shape index (κ2) is 4.97. The minimum absolute atomic E-state index is 0.597. The Labute approximate surface area is 118 Å². The number of hydrogen-bond donors (Lipinski definition) is 1. The van der Waals surface area contributed by atoms with Crippen LogP contribution in [-0.4, -0.2) is 12.6 Å². The van der Waals surface area contributed by atoms with Gasteiger partial charge in [0.05, 0.1) is 0 Å². The average molecular weight is 308 g/mol. The fourth-order valence-corrected chi connectivity index (χ4v) is 3.65. The Hall–Kier alpha value is -0.340. The Morgan fingerprint density at radius 3 is 2.89 bits per heavy atom. The molecule has 0 amide bonds. The van der Waals surface area contributed by atoms with Crippen molar-refractivity contribution in [2.75, 3.05) is 6.54 Å². The SMILES string of the molecule is CC1(CNC2CCc3cc(Br)ccc3C2)CCC1. The summed E-state index contributed by atoms with van der Waals surface area (Å²) in [5.41, 5.74) is 3.68. The summed E-state index contributed by atoms with van der Waals surface area (Å²) in [6.45, 7) is 3.64. The van der Waals surface area contributed by atoms with Crippen LogP contribution >= 0.6 is 15.9 Å². The lowest BCUT2D eigenvalue weighted by atomic mass is 9.70. The third-order valence-electron chi connectivity index (χ3n) is 4.77. The van der Waals surface area contributed by atoms with E-state index in [1.807, 2.05) is 0 Å². The third-order valence-corrected chi connectivity index (χ3v) is 5.27. The zero-order valence-electron chi connectivity index (χ0n) is 11.1. The first-order valence-corrected chi connectivity index (χ1v) is 7.95. The number of fused-ring (bicyclic) bond motifs is 1. The van der Waals surface area contributed by atoms with Gasteiger partial charge in [-0.05, 0) is 60.8 Å². The summed E-state index contributed by atoms with van der Waals surface area (Å²) in [5.74, 6) is 0. The number of aryl methyl sites for hydroxylation is 1. The molecule has 1 aromatic rings. The molecule has 1 N–H and O–H groups in total. The van der Waals surface area contributed by atoms with E-state index in [1.54, 1.807) is 5.56 Å². The minimum atomic E-state index is 0.597. The summed E-state index contributed by atoms with van der Waals surface area (Å²) in [7, 11) is 0. The van der Waals surface area contributed by atoms with Gasteiger partial charge in [0.15, 0.2) is 0 Å². The highest BCUT2D eigenvalue weighted by Gasteiger charge is 2.32. The highest BCUT2D eigenvalue weighted by Crippen LogP contribution is 2.39. The zero-order valence-corrected chi connectivity index (χ0v) is 12.7. The number of hydrogen-bond acceptors (Lipinski definition) is 1. The quantitative estimate of drug-likeness (QED) is 0.887. The van der Waals surface area contributed by atoms with E-state index < -0.39 is 0 Å². The van der Waals surface area contributed by atoms with Gasteiger partial charge in [0.25, 0.3) is 0 Å². The molecular formula is C16H22BrN. The summed E-state index contributed by atoms with van der Waals surface area (Å²) in [5, 5.41) is 3.81. The lowest BCUT2D eigenvalue weighted by Gasteiger charge is -2.40. The van der Waals surface area contributed by atoms with Gasteiger partial charge in [0, 0.05) is 17.1 Å². The predicted octanol–water partition coefficient (Wildman–Crippen LogP) is 4.09. The van der Waals surface area contributed by atoms with E-state index in [1.165, 1.54) is 55.1 Å². The van der Waals surface area contributed by atoms with Gasteiger partial charge in [-0.1, -0.05) is 35.3 Å². The first kappa shape index (κ1) is 12.7. The molecule has 98 valence electrons. The number of rotatable bonds is 3. The minimum Gasteiger partial charge on any atom is -0.313 e. The second-order valence-electron chi connectivity index (χ2n) is 6.40. The van der Waals surface area contributed by atoms with Crippen molar-refractivity contribution in [3.05, 3.63) is 33.8 Å². The molecule has 0 saturated heterocycles. The Morgan fingerprint density at radius 2 is 2.17 bits per heavy atom. The van der Waals surface area contributed by atoms with Gasteiger partial charge in [-0.2, -0.15) is 0 Å². The van der Waals surface area contributed by atoms with Crippen molar-refractivity contribution in [1.29, 1.82) is 0 Å². The molecule has 1 saturated carbocycles. The average Bonchev–Trinajstić information content (AvgIpc) is 2.34. The molecule has 1 atom stereocenters. The Balaban J connectivity index is 1.59. The van der Waals surface area contributed by atoms with Crippen molar-refractivity contribution >= 4 is 15.9 Å². The van der Waals surface area contributed by atoms with Crippen LogP contribution in [-0.2, 0) is 12.8 Å². The molecule has 2 aliphatic carbocycles. The molecule has 3 rings (SSSR count). The van der Waals surface area contributed by atoms with Crippen molar-refractivity contribution in [3.8, 4) is 0 Å². The Kier molecular flexibility index (Phi) is 3.50. The molecule has 18 heavy (non-hydrogen) atoms. The normalized spacial score (nSPS) is 25.3. The molecule has 1 unspecified atom stereocenters. The van der Waals surface area contributed by atoms with Crippen LogP contribution < -0.4 is 5.32 Å². The molecule has 2 aliphatic rings. The maximum Gasteiger partial charge on any atom is 0.0178 e. The first-order chi connectivity index (χ1) is 8.65. The van der Waals surface area contributed by atoms with Gasteiger partial charge in [-0.3, -0.25) is 0 Å². The second-order valence-corrected chi connectivity index (χ2v) is 7.31. The molecule has 0 aliphatic heterocycles. The number of nitrogens with one attached hydrogen (secondary N) is 1. The molecule has 0 spiro atoms. The van der Waals surface area contributed by atoms with Crippen LogP contribution in [0.1, 0.15) is 43.7 Å². The molecule has 2 heteroatoms. The van der Waals surface area contributed by atoms with Gasteiger partial charge in [-0.25, -0.2) is 0 Å². The summed E-state index contributed by atoms with van der Waals surface area (Å²) < 4.78 is 1.22. The summed E-state index contributed by atoms with van der Waals surface area (Å²) in [4.78, 5) is 0. The van der Waals surface area contributed by atoms with Gasteiger partial charge < -0.3 is 5.32 Å². The van der Waals surface area contributed by atoms with E-state index in [0.29, 0.717) is 11.5 Å². The van der Waals surface area contributed by atoms with E-state index in [4.69, 9.17) is 0 Å². The van der Waals surface area contributed by atoms with E-state index >= 15 is 0 Å².